The number of carboxylic acids is 1. The molecule has 3 aromatic rings. The highest BCUT2D eigenvalue weighted by Gasteiger charge is 2.35. The van der Waals surface area contributed by atoms with Crippen LogP contribution in [0.5, 0.6) is 5.75 Å². The second kappa shape index (κ2) is 11.3. The number of thiophene rings is 1. The van der Waals surface area contributed by atoms with Crippen LogP contribution in [0.25, 0.3) is 10.4 Å². The van der Waals surface area contributed by atoms with Crippen LogP contribution in [0.4, 0.5) is 0 Å². The molecule has 0 radical (unpaired) electrons. The van der Waals surface area contributed by atoms with Gasteiger partial charge in [0, 0.05) is 11.4 Å². The van der Waals surface area contributed by atoms with Gasteiger partial charge >= 0.3 is 5.97 Å². The van der Waals surface area contributed by atoms with Crippen molar-refractivity contribution >= 4 is 27.3 Å². The Labute approximate surface area is 210 Å². The molecule has 0 bridgehead atoms. The van der Waals surface area contributed by atoms with Crippen LogP contribution in [0, 0.1) is 5.92 Å². The molecule has 2 N–H and O–H groups in total. The molecule has 2 aromatic carbocycles. The molecule has 1 fully saturated rings. The van der Waals surface area contributed by atoms with Crippen LogP contribution in [-0.4, -0.2) is 50.1 Å². The lowest BCUT2D eigenvalue weighted by Gasteiger charge is -2.34. The number of hydrogen-bond donors (Lipinski definition) is 2. The smallest absolute Gasteiger partial charge is 0.322 e. The average Bonchev–Trinajstić information content (AvgIpc) is 3.36. The van der Waals surface area contributed by atoms with Gasteiger partial charge in [-0.25, -0.2) is 8.42 Å². The van der Waals surface area contributed by atoms with E-state index in [9.17, 15) is 18.3 Å². The molecular formula is C26H30N2O5S2. The fourth-order valence-electron chi connectivity index (χ4n) is 4.36. The highest BCUT2D eigenvalue weighted by atomic mass is 32.2. The molecule has 9 heteroatoms. The number of carbonyl (C=O) groups is 1. The monoisotopic (exact) mass is 514 g/mol. The van der Waals surface area contributed by atoms with Crippen LogP contribution in [0.15, 0.2) is 70.9 Å². The quantitative estimate of drug-likeness (QED) is 0.415. The van der Waals surface area contributed by atoms with Crippen molar-refractivity contribution < 1.29 is 23.1 Å². The second-order valence-electron chi connectivity index (χ2n) is 8.61. The van der Waals surface area contributed by atoms with Crippen LogP contribution in [-0.2, 0) is 21.4 Å². The van der Waals surface area contributed by atoms with E-state index in [0.29, 0.717) is 19.4 Å². The Balaban J connectivity index is 1.40. The SMILES string of the molecule is CCOc1ccc(-c2ccc(S(=O)(=O)N[C@@H](C(=O)O)C3CCN(Cc4ccccc4)CC3)s2)cc1. The molecule has 0 aliphatic carbocycles. The lowest BCUT2D eigenvalue weighted by molar-refractivity contribution is -0.140. The van der Waals surface area contributed by atoms with E-state index in [4.69, 9.17) is 4.74 Å². The number of benzene rings is 2. The van der Waals surface area contributed by atoms with Gasteiger partial charge in [-0.2, -0.15) is 4.72 Å². The first kappa shape index (κ1) is 25.4. The van der Waals surface area contributed by atoms with Crippen molar-refractivity contribution in [1.82, 2.24) is 9.62 Å². The van der Waals surface area contributed by atoms with Crippen LogP contribution >= 0.6 is 11.3 Å². The number of nitrogens with zero attached hydrogens (tertiary/aromatic N) is 1. The minimum absolute atomic E-state index is 0.106. The minimum Gasteiger partial charge on any atom is -0.494 e. The maximum Gasteiger partial charge on any atom is 0.322 e. The molecule has 1 atom stereocenters. The summed E-state index contributed by atoms with van der Waals surface area (Å²) in [5.41, 5.74) is 2.09. The zero-order chi connectivity index (χ0) is 24.8. The number of aliphatic carboxylic acids is 1. The van der Waals surface area contributed by atoms with Gasteiger partial charge in [0.05, 0.1) is 6.61 Å². The van der Waals surface area contributed by atoms with E-state index in [1.807, 2.05) is 49.4 Å². The van der Waals surface area contributed by atoms with Gasteiger partial charge in [0.2, 0.25) is 0 Å². The highest BCUT2D eigenvalue weighted by molar-refractivity contribution is 7.91. The molecule has 2 heterocycles. The molecule has 1 aliphatic rings. The lowest BCUT2D eigenvalue weighted by Crippen LogP contribution is -2.49. The van der Waals surface area contributed by atoms with Gasteiger partial charge in [-0.15, -0.1) is 11.3 Å². The Morgan fingerprint density at radius 2 is 1.77 bits per heavy atom. The Kier molecular flexibility index (Phi) is 8.22. The number of ether oxygens (including phenoxy) is 1. The maximum atomic E-state index is 13.1. The van der Waals surface area contributed by atoms with Gasteiger partial charge in [-0.3, -0.25) is 9.69 Å². The third-order valence-corrected chi connectivity index (χ3v) is 9.26. The number of nitrogens with one attached hydrogen (secondary N) is 1. The van der Waals surface area contributed by atoms with Crippen molar-refractivity contribution in [3.05, 3.63) is 72.3 Å². The maximum absolute atomic E-state index is 13.1. The highest BCUT2D eigenvalue weighted by Crippen LogP contribution is 2.32. The predicted octanol–water partition coefficient (Wildman–Crippen LogP) is 4.46. The van der Waals surface area contributed by atoms with Crippen LogP contribution in [0.3, 0.4) is 0 Å². The third kappa shape index (κ3) is 6.49. The van der Waals surface area contributed by atoms with E-state index in [2.05, 4.69) is 21.8 Å². The van der Waals surface area contributed by atoms with Gasteiger partial charge in [0.25, 0.3) is 10.0 Å². The topological polar surface area (TPSA) is 95.9 Å². The minimum atomic E-state index is -3.97. The second-order valence-corrected chi connectivity index (χ2v) is 11.6. The number of carboxylic acid groups (broad SMARTS) is 1. The van der Waals surface area contributed by atoms with Crippen molar-refractivity contribution in [3.63, 3.8) is 0 Å². The molecule has 1 saturated heterocycles. The molecule has 4 rings (SSSR count). The van der Waals surface area contributed by atoms with Gasteiger partial charge in [-0.05, 0) is 86.3 Å². The van der Waals surface area contributed by atoms with Gasteiger partial charge in [-0.1, -0.05) is 30.3 Å². The van der Waals surface area contributed by atoms with Crippen molar-refractivity contribution in [2.24, 2.45) is 5.92 Å². The van der Waals surface area contributed by atoms with Gasteiger partial charge in [0.1, 0.15) is 16.0 Å². The summed E-state index contributed by atoms with van der Waals surface area (Å²) in [5, 5.41) is 9.84. The molecular weight excluding hydrogens is 484 g/mol. The van der Waals surface area contributed by atoms with Gasteiger partial charge in [0.15, 0.2) is 0 Å². The predicted molar refractivity (Wildman–Crippen MR) is 137 cm³/mol. The average molecular weight is 515 g/mol. The molecule has 7 nitrogen and oxygen atoms in total. The first-order chi connectivity index (χ1) is 16.9. The fourth-order valence-corrected chi connectivity index (χ4v) is 6.95. The Hall–Kier alpha value is -2.72. The molecule has 0 saturated carbocycles. The van der Waals surface area contributed by atoms with Crippen molar-refractivity contribution in [1.29, 1.82) is 0 Å². The van der Waals surface area contributed by atoms with E-state index < -0.39 is 22.0 Å². The van der Waals surface area contributed by atoms with Crippen molar-refractivity contribution in [3.8, 4) is 16.2 Å². The van der Waals surface area contributed by atoms with E-state index in [0.717, 1.165) is 47.2 Å². The van der Waals surface area contributed by atoms with E-state index >= 15 is 0 Å². The molecule has 1 aromatic heterocycles. The summed E-state index contributed by atoms with van der Waals surface area (Å²) in [6, 6.07) is 19.7. The molecule has 0 spiro atoms. The largest absolute Gasteiger partial charge is 0.494 e. The summed E-state index contributed by atoms with van der Waals surface area (Å²) in [4.78, 5) is 15.1. The summed E-state index contributed by atoms with van der Waals surface area (Å²) >= 11 is 1.12. The molecule has 186 valence electrons. The van der Waals surface area contributed by atoms with Crippen molar-refractivity contribution in [2.75, 3.05) is 19.7 Å². The molecule has 1 aliphatic heterocycles. The lowest BCUT2D eigenvalue weighted by atomic mass is 9.90. The Bertz CT molecular complexity index is 1220. The number of piperidine rings is 1. The fraction of sp³-hybridized carbons (Fsp3) is 0.346. The van der Waals surface area contributed by atoms with Gasteiger partial charge < -0.3 is 9.84 Å². The normalized spacial score (nSPS) is 16.1. The van der Waals surface area contributed by atoms with Crippen LogP contribution in [0.1, 0.15) is 25.3 Å². The first-order valence-electron chi connectivity index (χ1n) is 11.7. The standard InChI is InChI=1S/C26H30N2O5S2/c1-2-33-22-10-8-20(9-11-22)23-12-13-24(34-23)35(31,32)27-25(26(29)30)21-14-16-28(17-15-21)18-19-6-4-3-5-7-19/h3-13,21,25,27H,2,14-18H2,1H3,(H,29,30)/t25-/m1/s1. The summed E-state index contributed by atoms with van der Waals surface area (Å²) in [7, 11) is -3.97. The Morgan fingerprint density at radius 3 is 2.40 bits per heavy atom. The number of hydrogen-bond acceptors (Lipinski definition) is 6. The summed E-state index contributed by atoms with van der Waals surface area (Å²) in [6.07, 6.45) is 1.24. The summed E-state index contributed by atoms with van der Waals surface area (Å²) in [6.45, 7) is 4.75. The van der Waals surface area contributed by atoms with Crippen molar-refractivity contribution in [2.45, 2.75) is 36.6 Å². The van der Waals surface area contributed by atoms with E-state index in [-0.39, 0.29) is 10.1 Å². The van der Waals surface area contributed by atoms with Crippen LogP contribution in [0.2, 0.25) is 0 Å². The zero-order valence-corrected chi connectivity index (χ0v) is 21.2. The Morgan fingerprint density at radius 1 is 1.09 bits per heavy atom. The molecule has 0 amide bonds. The van der Waals surface area contributed by atoms with E-state index in [1.54, 1.807) is 6.07 Å². The first-order valence-corrected chi connectivity index (χ1v) is 14.0. The number of likely N-dealkylation sites (tertiary alicyclic amines) is 1. The number of sulfonamides is 1. The zero-order valence-electron chi connectivity index (χ0n) is 19.6. The molecule has 0 unspecified atom stereocenters. The molecule has 35 heavy (non-hydrogen) atoms. The third-order valence-electron chi connectivity index (χ3n) is 6.20. The van der Waals surface area contributed by atoms with Crippen LogP contribution < -0.4 is 9.46 Å². The van der Waals surface area contributed by atoms with E-state index in [1.165, 1.54) is 11.6 Å². The summed E-state index contributed by atoms with van der Waals surface area (Å²) < 4.78 is 34.2. The summed E-state index contributed by atoms with van der Waals surface area (Å²) in [5.74, 6) is -0.653. The number of rotatable bonds is 10.